The second-order valence-electron chi connectivity index (χ2n) is 3.85. The predicted octanol–water partition coefficient (Wildman–Crippen LogP) is 3.18. The molecule has 0 unspecified atom stereocenters. The van der Waals surface area contributed by atoms with Crippen LogP contribution in [0.2, 0.25) is 5.02 Å². The van der Waals surface area contributed by atoms with Gasteiger partial charge in [-0.3, -0.25) is 4.79 Å². The van der Waals surface area contributed by atoms with Gasteiger partial charge in [0.1, 0.15) is 0 Å². The number of rotatable bonds is 5. The molecule has 0 aliphatic heterocycles. The van der Waals surface area contributed by atoms with Crippen LogP contribution in [0.5, 0.6) is 0 Å². The van der Waals surface area contributed by atoms with Crippen LogP contribution in [-0.4, -0.2) is 12.5 Å². The summed E-state index contributed by atoms with van der Waals surface area (Å²) in [4.78, 5) is 11.8. The molecule has 0 aliphatic carbocycles. The molecular formula is C14H16ClNO. The van der Waals surface area contributed by atoms with Gasteiger partial charge in [-0.15, -0.1) is 12.3 Å². The molecule has 0 saturated carbocycles. The third-order valence-corrected chi connectivity index (χ3v) is 2.97. The molecule has 0 aromatic heterocycles. The Kier molecular flexibility index (Phi) is 5.59. The van der Waals surface area contributed by atoms with E-state index < -0.39 is 0 Å². The minimum Gasteiger partial charge on any atom is -0.352 e. The van der Waals surface area contributed by atoms with Gasteiger partial charge in [-0.05, 0) is 31.4 Å². The standard InChI is InChI=1S/C14H16ClNO/c1-3-4-5-6-10-16-14(17)12-9-7-8-11(2)13(12)15/h1,7-9H,4-6,10H2,2H3,(H,16,17). The van der Waals surface area contributed by atoms with Gasteiger partial charge >= 0.3 is 0 Å². The lowest BCUT2D eigenvalue weighted by Gasteiger charge is -2.07. The Morgan fingerprint density at radius 2 is 2.24 bits per heavy atom. The number of terminal acetylenes is 1. The largest absolute Gasteiger partial charge is 0.352 e. The Bertz CT molecular complexity index is 434. The van der Waals surface area contributed by atoms with E-state index in [1.807, 2.05) is 19.1 Å². The van der Waals surface area contributed by atoms with Crippen molar-refractivity contribution in [3.63, 3.8) is 0 Å². The average molecular weight is 250 g/mol. The van der Waals surface area contributed by atoms with Crippen molar-refractivity contribution < 1.29 is 4.79 Å². The van der Waals surface area contributed by atoms with Gasteiger partial charge in [0.25, 0.3) is 5.91 Å². The molecule has 0 radical (unpaired) electrons. The zero-order valence-corrected chi connectivity index (χ0v) is 10.7. The van der Waals surface area contributed by atoms with Crippen LogP contribution in [-0.2, 0) is 0 Å². The van der Waals surface area contributed by atoms with E-state index in [2.05, 4.69) is 11.2 Å². The fourth-order valence-electron chi connectivity index (χ4n) is 1.47. The molecular weight excluding hydrogens is 234 g/mol. The SMILES string of the molecule is C#CCCCCNC(=O)c1cccc(C)c1Cl. The Balaban J connectivity index is 2.48. The summed E-state index contributed by atoms with van der Waals surface area (Å²) < 4.78 is 0. The van der Waals surface area contributed by atoms with Crippen LogP contribution >= 0.6 is 11.6 Å². The van der Waals surface area contributed by atoms with Gasteiger partial charge in [0.05, 0.1) is 10.6 Å². The molecule has 0 atom stereocenters. The minimum atomic E-state index is -0.126. The summed E-state index contributed by atoms with van der Waals surface area (Å²) in [6, 6.07) is 5.44. The number of halogens is 1. The van der Waals surface area contributed by atoms with Crippen molar-refractivity contribution in [2.24, 2.45) is 0 Å². The van der Waals surface area contributed by atoms with Gasteiger partial charge in [-0.2, -0.15) is 0 Å². The van der Waals surface area contributed by atoms with Gasteiger partial charge in [0, 0.05) is 13.0 Å². The highest BCUT2D eigenvalue weighted by atomic mass is 35.5. The van der Waals surface area contributed by atoms with Crippen molar-refractivity contribution in [2.75, 3.05) is 6.54 Å². The van der Waals surface area contributed by atoms with Crippen molar-refractivity contribution in [1.29, 1.82) is 0 Å². The first-order valence-corrected chi connectivity index (χ1v) is 6.01. The first kappa shape index (κ1) is 13.6. The van der Waals surface area contributed by atoms with Crippen molar-refractivity contribution >= 4 is 17.5 Å². The monoisotopic (exact) mass is 249 g/mol. The maximum absolute atomic E-state index is 11.8. The normalized spacial score (nSPS) is 9.71. The van der Waals surface area contributed by atoms with Gasteiger partial charge in [-0.1, -0.05) is 23.7 Å². The van der Waals surface area contributed by atoms with E-state index in [9.17, 15) is 4.79 Å². The fourth-order valence-corrected chi connectivity index (χ4v) is 1.68. The molecule has 0 heterocycles. The zero-order valence-electron chi connectivity index (χ0n) is 9.92. The Hall–Kier alpha value is -1.46. The molecule has 0 bridgehead atoms. The third-order valence-electron chi connectivity index (χ3n) is 2.47. The summed E-state index contributed by atoms with van der Waals surface area (Å²) in [5, 5.41) is 3.36. The highest BCUT2D eigenvalue weighted by Crippen LogP contribution is 2.19. The number of aryl methyl sites for hydroxylation is 1. The molecule has 2 nitrogen and oxygen atoms in total. The van der Waals surface area contributed by atoms with Gasteiger partial charge in [0.15, 0.2) is 0 Å². The summed E-state index contributed by atoms with van der Waals surface area (Å²) in [5.41, 5.74) is 1.44. The number of amides is 1. The summed E-state index contributed by atoms with van der Waals surface area (Å²) in [6.45, 7) is 2.51. The van der Waals surface area contributed by atoms with Crippen LogP contribution in [0.15, 0.2) is 18.2 Å². The summed E-state index contributed by atoms with van der Waals surface area (Å²) in [6.07, 6.45) is 7.71. The summed E-state index contributed by atoms with van der Waals surface area (Å²) in [5.74, 6) is 2.44. The topological polar surface area (TPSA) is 29.1 Å². The van der Waals surface area contributed by atoms with Crippen molar-refractivity contribution in [3.05, 3.63) is 34.3 Å². The van der Waals surface area contributed by atoms with Crippen LogP contribution in [0, 0.1) is 19.3 Å². The quantitative estimate of drug-likeness (QED) is 0.630. The predicted molar refractivity (Wildman–Crippen MR) is 71.2 cm³/mol. The first-order chi connectivity index (χ1) is 8.16. The second kappa shape index (κ2) is 6.98. The van der Waals surface area contributed by atoms with E-state index >= 15 is 0 Å². The highest BCUT2D eigenvalue weighted by Gasteiger charge is 2.10. The van der Waals surface area contributed by atoms with Crippen molar-refractivity contribution in [3.8, 4) is 12.3 Å². The number of carbonyl (C=O) groups is 1. The number of benzene rings is 1. The molecule has 1 rings (SSSR count). The average Bonchev–Trinajstić information content (AvgIpc) is 2.32. The molecule has 0 aliphatic rings. The molecule has 17 heavy (non-hydrogen) atoms. The number of hydrogen-bond acceptors (Lipinski definition) is 1. The van der Waals surface area contributed by atoms with E-state index in [1.54, 1.807) is 6.07 Å². The van der Waals surface area contributed by atoms with Gasteiger partial charge in [-0.25, -0.2) is 0 Å². The van der Waals surface area contributed by atoms with Crippen LogP contribution in [0.4, 0.5) is 0 Å². The number of unbranched alkanes of at least 4 members (excludes halogenated alkanes) is 2. The van der Waals surface area contributed by atoms with E-state index in [-0.39, 0.29) is 5.91 Å². The van der Waals surface area contributed by atoms with Gasteiger partial charge < -0.3 is 5.32 Å². The molecule has 1 aromatic carbocycles. The second-order valence-corrected chi connectivity index (χ2v) is 4.23. The van der Waals surface area contributed by atoms with Crippen LogP contribution in [0.25, 0.3) is 0 Å². The van der Waals surface area contributed by atoms with E-state index in [1.165, 1.54) is 0 Å². The maximum atomic E-state index is 11.8. The molecule has 3 heteroatoms. The summed E-state index contributed by atoms with van der Waals surface area (Å²) in [7, 11) is 0. The smallest absolute Gasteiger partial charge is 0.252 e. The van der Waals surface area contributed by atoms with E-state index in [0.29, 0.717) is 17.1 Å². The molecule has 0 spiro atoms. The lowest BCUT2D eigenvalue weighted by Crippen LogP contribution is -2.24. The van der Waals surface area contributed by atoms with E-state index in [4.69, 9.17) is 18.0 Å². The minimum absolute atomic E-state index is 0.126. The van der Waals surface area contributed by atoms with Gasteiger partial charge in [0.2, 0.25) is 0 Å². The Morgan fingerprint density at radius 1 is 1.47 bits per heavy atom. The molecule has 1 aromatic rings. The Morgan fingerprint density at radius 3 is 2.94 bits per heavy atom. The molecule has 1 amide bonds. The van der Waals surface area contributed by atoms with Crippen LogP contribution in [0.3, 0.4) is 0 Å². The Labute approximate surface area is 107 Å². The number of nitrogens with one attached hydrogen (secondary N) is 1. The van der Waals surface area contributed by atoms with Crippen molar-refractivity contribution in [2.45, 2.75) is 26.2 Å². The molecule has 0 saturated heterocycles. The lowest BCUT2D eigenvalue weighted by molar-refractivity contribution is 0.0953. The van der Waals surface area contributed by atoms with E-state index in [0.717, 1.165) is 24.8 Å². The number of hydrogen-bond donors (Lipinski definition) is 1. The lowest BCUT2D eigenvalue weighted by atomic mass is 10.1. The maximum Gasteiger partial charge on any atom is 0.252 e. The highest BCUT2D eigenvalue weighted by molar-refractivity contribution is 6.34. The zero-order chi connectivity index (χ0) is 12.7. The molecule has 1 N–H and O–H groups in total. The molecule has 0 fully saturated rings. The van der Waals surface area contributed by atoms with Crippen LogP contribution in [0.1, 0.15) is 35.2 Å². The third kappa shape index (κ3) is 4.13. The molecule has 90 valence electrons. The van der Waals surface area contributed by atoms with Crippen LogP contribution < -0.4 is 5.32 Å². The first-order valence-electron chi connectivity index (χ1n) is 5.63. The summed E-state index contributed by atoms with van der Waals surface area (Å²) >= 11 is 6.06. The number of carbonyl (C=O) groups excluding carboxylic acids is 1. The van der Waals surface area contributed by atoms with Crippen molar-refractivity contribution in [1.82, 2.24) is 5.32 Å². The fraction of sp³-hybridized carbons (Fsp3) is 0.357.